The molecule has 0 atom stereocenters. The van der Waals surface area contributed by atoms with Gasteiger partial charge < -0.3 is 10.6 Å². The van der Waals surface area contributed by atoms with Gasteiger partial charge in [0, 0.05) is 24.1 Å². The molecule has 2 aromatic rings. The summed E-state index contributed by atoms with van der Waals surface area (Å²) in [5.74, 6) is -0.163. The van der Waals surface area contributed by atoms with E-state index in [0.29, 0.717) is 5.69 Å². The van der Waals surface area contributed by atoms with Crippen LogP contribution in [0.5, 0.6) is 0 Å². The van der Waals surface area contributed by atoms with E-state index in [0.717, 1.165) is 29.9 Å². The molecule has 1 aromatic heterocycles. The van der Waals surface area contributed by atoms with Gasteiger partial charge in [0.2, 0.25) is 0 Å². The second-order valence-corrected chi connectivity index (χ2v) is 4.67. The van der Waals surface area contributed by atoms with Gasteiger partial charge in [-0.05, 0) is 48.7 Å². The summed E-state index contributed by atoms with van der Waals surface area (Å²) in [5, 5.41) is 6.20. The molecule has 1 aliphatic rings. The molecule has 4 nitrogen and oxygen atoms in total. The maximum absolute atomic E-state index is 12.1. The van der Waals surface area contributed by atoms with Crippen molar-refractivity contribution < 1.29 is 4.79 Å². The first-order valence-corrected chi connectivity index (χ1v) is 6.34. The van der Waals surface area contributed by atoms with Gasteiger partial charge in [0.25, 0.3) is 5.91 Å². The number of hydrogen-bond acceptors (Lipinski definition) is 3. The maximum Gasteiger partial charge on any atom is 0.274 e. The van der Waals surface area contributed by atoms with Crippen molar-refractivity contribution in [2.75, 3.05) is 17.2 Å². The number of hydrogen-bond donors (Lipinski definition) is 2. The fourth-order valence-electron chi connectivity index (χ4n) is 2.30. The zero-order valence-corrected chi connectivity index (χ0v) is 10.7. The van der Waals surface area contributed by atoms with Gasteiger partial charge in [0.15, 0.2) is 0 Å². The second kappa shape index (κ2) is 4.72. The molecule has 2 heterocycles. The molecule has 4 heteroatoms. The second-order valence-electron chi connectivity index (χ2n) is 4.67. The number of amides is 1. The Kier molecular flexibility index (Phi) is 2.91. The van der Waals surface area contributed by atoms with Crippen LogP contribution in [0.2, 0.25) is 0 Å². The maximum atomic E-state index is 12.1. The van der Waals surface area contributed by atoms with Gasteiger partial charge in [0.1, 0.15) is 5.69 Å². The van der Waals surface area contributed by atoms with E-state index in [1.165, 1.54) is 5.56 Å². The average Bonchev–Trinajstić information content (AvgIpc) is 2.86. The van der Waals surface area contributed by atoms with Crippen LogP contribution in [0.1, 0.15) is 21.6 Å². The Bertz CT molecular complexity index is 637. The molecule has 96 valence electrons. The zero-order chi connectivity index (χ0) is 13.2. The highest BCUT2D eigenvalue weighted by atomic mass is 16.1. The molecule has 0 spiro atoms. The number of carbonyl (C=O) groups excluding carboxylic acids is 1. The molecular weight excluding hydrogens is 238 g/mol. The molecule has 0 bridgehead atoms. The van der Waals surface area contributed by atoms with E-state index >= 15 is 0 Å². The zero-order valence-electron chi connectivity index (χ0n) is 10.7. The summed E-state index contributed by atoms with van der Waals surface area (Å²) in [4.78, 5) is 16.3. The third-order valence-corrected chi connectivity index (χ3v) is 3.30. The van der Waals surface area contributed by atoms with Crippen LogP contribution < -0.4 is 10.6 Å². The average molecular weight is 253 g/mol. The molecule has 0 radical (unpaired) electrons. The van der Waals surface area contributed by atoms with Crippen LogP contribution in [0.25, 0.3) is 0 Å². The van der Waals surface area contributed by atoms with Gasteiger partial charge in [-0.2, -0.15) is 0 Å². The lowest BCUT2D eigenvalue weighted by molar-refractivity contribution is 0.102. The lowest BCUT2D eigenvalue weighted by Crippen LogP contribution is -2.15. The Hall–Kier alpha value is -2.36. The van der Waals surface area contributed by atoms with Crippen LogP contribution in [0.15, 0.2) is 36.5 Å². The highest BCUT2D eigenvalue weighted by Crippen LogP contribution is 2.25. The fraction of sp³-hybridized carbons (Fsp3) is 0.200. The number of anilines is 2. The van der Waals surface area contributed by atoms with E-state index in [1.54, 1.807) is 6.20 Å². The number of benzene rings is 1. The lowest BCUT2D eigenvalue weighted by Gasteiger charge is -2.08. The molecule has 0 fully saturated rings. The Morgan fingerprint density at radius 2 is 2.26 bits per heavy atom. The first-order chi connectivity index (χ1) is 9.24. The minimum atomic E-state index is -0.163. The summed E-state index contributed by atoms with van der Waals surface area (Å²) in [6.45, 7) is 2.85. The van der Waals surface area contributed by atoms with Crippen molar-refractivity contribution in [3.05, 3.63) is 53.3 Å². The number of rotatable bonds is 2. The van der Waals surface area contributed by atoms with Crippen LogP contribution >= 0.6 is 0 Å². The highest BCUT2D eigenvalue weighted by Gasteiger charge is 2.13. The minimum absolute atomic E-state index is 0.163. The fourth-order valence-corrected chi connectivity index (χ4v) is 2.30. The first kappa shape index (κ1) is 11.7. The van der Waals surface area contributed by atoms with Crippen LogP contribution in [-0.4, -0.2) is 17.4 Å². The van der Waals surface area contributed by atoms with Crippen LogP contribution in [0.4, 0.5) is 11.4 Å². The third-order valence-electron chi connectivity index (χ3n) is 3.30. The highest BCUT2D eigenvalue weighted by molar-refractivity contribution is 6.03. The largest absolute Gasteiger partial charge is 0.384 e. The van der Waals surface area contributed by atoms with Gasteiger partial charge in [-0.3, -0.25) is 9.78 Å². The van der Waals surface area contributed by atoms with Crippen molar-refractivity contribution in [2.45, 2.75) is 13.3 Å². The molecule has 0 aliphatic carbocycles. The Morgan fingerprint density at radius 3 is 3.11 bits per heavy atom. The predicted molar refractivity (Wildman–Crippen MR) is 75.6 cm³/mol. The van der Waals surface area contributed by atoms with Gasteiger partial charge >= 0.3 is 0 Å². The monoisotopic (exact) mass is 253 g/mol. The van der Waals surface area contributed by atoms with Gasteiger partial charge in [-0.1, -0.05) is 6.07 Å². The molecule has 0 unspecified atom stereocenters. The van der Waals surface area contributed by atoms with E-state index in [1.807, 2.05) is 37.3 Å². The molecule has 0 saturated carbocycles. The summed E-state index contributed by atoms with van der Waals surface area (Å²) in [6, 6.07) is 9.64. The Balaban J connectivity index is 1.82. The summed E-state index contributed by atoms with van der Waals surface area (Å²) in [7, 11) is 0. The SMILES string of the molecule is Cc1cccnc1C(=O)Nc1ccc2c(c1)CCN2. The number of carbonyl (C=O) groups is 1. The number of nitrogens with one attached hydrogen (secondary N) is 2. The Morgan fingerprint density at radius 1 is 1.37 bits per heavy atom. The van der Waals surface area contributed by atoms with E-state index in [2.05, 4.69) is 15.6 Å². The molecule has 1 amide bonds. The number of fused-ring (bicyclic) bond motifs is 1. The van der Waals surface area contributed by atoms with Crippen molar-refractivity contribution in [2.24, 2.45) is 0 Å². The molecule has 1 aliphatic heterocycles. The number of nitrogens with zero attached hydrogens (tertiary/aromatic N) is 1. The van der Waals surface area contributed by atoms with Crippen molar-refractivity contribution in [1.82, 2.24) is 4.98 Å². The number of aromatic nitrogens is 1. The normalized spacial score (nSPS) is 12.7. The molecule has 0 saturated heterocycles. The van der Waals surface area contributed by atoms with E-state index in [-0.39, 0.29) is 5.91 Å². The van der Waals surface area contributed by atoms with Crippen LogP contribution in [-0.2, 0) is 6.42 Å². The molecule has 19 heavy (non-hydrogen) atoms. The molecule has 1 aromatic carbocycles. The molecule has 3 rings (SSSR count). The van der Waals surface area contributed by atoms with Gasteiger partial charge in [-0.25, -0.2) is 0 Å². The summed E-state index contributed by atoms with van der Waals surface area (Å²) < 4.78 is 0. The number of aryl methyl sites for hydroxylation is 1. The lowest BCUT2D eigenvalue weighted by atomic mass is 10.1. The first-order valence-electron chi connectivity index (χ1n) is 6.34. The minimum Gasteiger partial charge on any atom is -0.384 e. The van der Waals surface area contributed by atoms with Crippen molar-refractivity contribution >= 4 is 17.3 Å². The van der Waals surface area contributed by atoms with Gasteiger partial charge in [0.05, 0.1) is 0 Å². The standard InChI is InChI=1S/C15H15N3O/c1-10-3-2-7-17-14(10)15(19)18-12-4-5-13-11(9-12)6-8-16-13/h2-5,7,9,16H,6,8H2,1H3,(H,18,19). The van der Waals surface area contributed by atoms with E-state index in [4.69, 9.17) is 0 Å². The third kappa shape index (κ3) is 2.29. The van der Waals surface area contributed by atoms with Crippen molar-refractivity contribution in [3.63, 3.8) is 0 Å². The Labute approximate surface area is 111 Å². The van der Waals surface area contributed by atoms with Gasteiger partial charge in [-0.15, -0.1) is 0 Å². The van der Waals surface area contributed by atoms with Crippen molar-refractivity contribution in [1.29, 1.82) is 0 Å². The van der Waals surface area contributed by atoms with Crippen molar-refractivity contribution in [3.8, 4) is 0 Å². The summed E-state index contributed by atoms with van der Waals surface area (Å²) in [6.07, 6.45) is 2.64. The molecule has 2 N–H and O–H groups in total. The predicted octanol–water partition coefficient (Wildman–Crippen LogP) is 2.61. The number of pyridine rings is 1. The topological polar surface area (TPSA) is 54.0 Å². The summed E-state index contributed by atoms with van der Waals surface area (Å²) in [5.41, 5.74) is 4.57. The molecular formula is C15H15N3O. The smallest absolute Gasteiger partial charge is 0.274 e. The van der Waals surface area contributed by atoms with E-state index < -0.39 is 0 Å². The van der Waals surface area contributed by atoms with Crippen LogP contribution in [0.3, 0.4) is 0 Å². The quantitative estimate of drug-likeness (QED) is 0.865. The summed E-state index contributed by atoms with van der Waals surface area (Å²) >= 11 is 0. The van der Waals surface area contributed by atoms with Crippen LogP contribution in [0, 0.1) is 6.92 Å². The van der Waals surface area contributed by atoms with E-state index in [9.17, 15) is 4.79 Å².